The van der Waals surface area contributed by atoms with Crippen LogP contribution in [0.1, 0.15) is 23.7 Å². The number of rotatable bonds is 5. The fraction of sp³-hybridized carbons (Fsp3) is 0.200. The third kappa shape index (κ3) is 4.10. The van der Waals surface area contributed by atoms with Gasteiger partial charge in [-0.1, -0.05) is 30.3 Å². The van der Waals surface area contributed by atoms with E-state index < -0.39 is 6.09 Å². The third-order valence-electron chi connectivity index (χ3n) is 2.87. The predicted octanol–water partition coefficient (Wildman–Crippen LogP) is 2.85. The second kappa shape index (κ2) is 6.54. The van der Waals surface area contributed by atoms with Crippen LogP contribution >= 0.6 is 0 Å². The molecule has 1 amide bonds. The van der Waals surface area contributed by atoms with E-state index in [1.54, 1.807) is 12.4 Å². The van der Waals surface area contributed by atoms with Crippen LogP contribution in [0.5, 0.6) is 0 Å². The summed E-state index contributed by atoms with van der Waals surface area (Å²) in [5.41, 5.74) is 7.24. The maximum atomic E-state index is 11.0. The molecule has 1 heterocycles. The summed E-state index contributed by atoms with van der Waals surface area (Å²) in [4.78, 5) is 15.0. The van der Waals surface area contributed by atoms with Crippen LogP contribution in [0.25, 0.3) is 0 Å². The molecule has 0 spiro atoms. The molecular weight excluding hydrogens is 240 g/mol. The minimum Gasteiger partial charge on any atom is -0.442 e. The van der Waals surface area contributed by atoms with Crippen LogP contribution < -0.4 is 5.73 Å². The molecule has 0 fully saturated rings. The molecule has 4 heteroatoms. The monoisotopic (exact) mass is 256 g/mol. The van der Waals surface area contributed by atoms with Crippen molar-refractivity contribution in [1.29, 1.82) is 0 Å². The quantitative estimate of drug-likeness (QED) is 0.894. The number of primary amides is 1. The summed E-state index contributed by atoms with van der Waals surface area (Å²) in [5.74, 6) is 0. The van der Waals surface area contributed by atoms with Crippen molar-refractivity contribution in [2.75, 3.05) is 0 Å². The van der Waals surface area contributed by atoms with Gasteiger partial charge in [0.05, 0.1) is 0 Å². The van der Waals surface area contributed by atoms with Gasteiger partial charge in [0.25, 0.3) is 0 Å². The largest absolute Gasteiger partial charge is 0.442 e. The van der Waals surface area contributed by atoms with E-state index in [-0.39, 0.29) is 6.10 Å². The minimum absolute atomic E-state index is 0.313. The fourth-order valence-corrected chi connectivity index (χ4v) is 1.95. The summed E-state index contributed by atoms with van der Waals surface area (Å²) in [7, 11) is 0. The normalized spacial score (nSPS) is 11.8. The Labute approximate surface area is 112 Å². The molecule has 1 aromatic heterocycles. The van der Waals surface area contributed by atoms with E-state index in [0.717, 1.165) is 17.5 Å². The van der Waals surface area contributed by atoms with Gasteiger partial charge in [0.1, 0.15) is 6.10 Å². The first kappa shape index (κ1) is 13.1. The third-order valence-corrected chi connectivity index (χ3v) is 2.87. The molecule has 0 unspecified atom stereocenters. The second-order valence-electron chi connectivity index (χ2n) is 4.23. The second-order valence-corrected chi connectivity index (χ2v) is 4.23. The van der Waals surface area contributed by atoms with Gasteiger partial charge in [0, 0.05) is 12.4 Å². The standard InChI is InChI=1S/C15H16N2O2/c16-15(18)19-14(13-4-2-1-3-5-13)7-6-12-8-10-17-11-9-12/h1-5,8-11,14H,6-7H2,(H2,16,18)/t14-/m0/s1. The van der Waals surface area contributed by atoms with Gasteiger partial charge in [0.2, 0.25) is 0 Å². The van der Waals surface area contributed by atoms with Crippen LogP contribution in [-0.2, 0) is 11.2 Å². The summed E-state index contributed by atoms with van der Waals surface area (Å²) >= 11 is 0. The summed E-state index contributed by atoms with van der Waals surface area (Å²) in [6.07, 6.45) is 3.94. The highest BCUT2D eigenvalue weighted by molar-refractivity contribution is 5.65. The summed E-state index contributed by atoms with van der Waals surface area (Å²) in [6.45, 7) is 0. The van der Waals surface area contributed by atoms with E-state index in [0.29, 0.717) is 6.42 Å². The van der Waals surface area contributed by atoms with Crippen LogP contribution in [0, 0.1) is 0 Å². The molecule has 2 rings (SSSR count). The van der Waals surface area contributed by atoms with E-state index in [2.05, 4.69) is 4.98 Å². The Morgan fingerprint density at radius 1 is 1.16 bits per heavy atom. The van der Waals surface area contributed by atoms with Crippen molar-refractivity contribution in [2.24, 2.45) is 5.73 Å². The first-order valence-corrected chi connectivity index (χ1v) is 6.15. The number of nitrogens with zero attached hydrogens (tertiary/aromatic N) is 1. The first-order valence-electron chi connectivity index (χ1n) is 6.15. The van der Waals surface area contributed by atoms with E-state index in [4.69, 9.17) is 10.5 Å². The van der Waals surface area contributed by atoms with Gasteiger partial charge < -0.3 is 10.5 Å². The van der Waals surface area contributed by atoms with Crippen molar-refractivity contribution in [3.63, 3.8) is 0 Å². The molecule has 0 radical (unpaired) electrons. The molecule has 0 bridgehead atoms. The van der Waals surface area contributed by atoms with Crippen LogP contribution in [0.15, 0.2) is 54.9 Å². The van der Waals surface area contributed by atoms with E-state index >= 15 is 0 Å². The number of carbonyl (C=O) groups is 1. The molecule has 2 N–H and O–H groups in total. The fourth-order valence-electron chi connectivity index (χ4n) is 1.95. The molecule has 2 aromatic rings. The number of hydrogen-bond acceptors (Lipinski definition) is 3. The predicted molar refractivity (Wildman–Crippen MR) is 72.4 cm³/mol. The first-order chi connectivity index (χ1) is 9.25. The zero-order valence-corrected chi connectivity index (χ0v) is 10.5. The molecule has 0 saturated carbocycles. The van der Waals surface area contributed by atoms with Crippen LogP contribution in [0.4, 0.5) is 4.79 Å². The molecule has 0 aliphatic carbocycles. The Hall–Kier alpha value is -2.36. The number of benzene rings is 1. The molecule has 19 heavy (non-hydrogen) atoms. The van der Waals surface area contributed by atoms with Gasteiger partial charge in [0.15, 0.2) is 0 Å². The molecule has 98 valence electrons. The Kier molecular flexibility index (Phi) is 4.50. The average molecular weight is 256 g/mol. The average Bonchev–Trinajstić information content (AvgIpc) is 2.45. The number of pyridine rings is 1. The van der Waals surface area contributed by atoms with Crippen molar-refractivity contribution in [1.82, 2.24) is 4.98 Å². The zero-order chi connectivity index (χ0) is 13.5. The molecule has 0 aliphatic rings. The summed E-state index contributed by atoms with van der Waals surface area (Å²) in [6, 6.07) is 13.5. The molecule has 4 nitrogen and oxygen atoms in total. The maximum absolute atomic E-state index is 11.0. The Bertz CT molecular complexity index is 514. The van der Waals surface area contributed by atoms with Crippen molar-refractivity contribution in [3.05, 3.63) is 66.0 Å². The van der Waals surface area contributed by atoms with Crippen molar-refractivity contribution < 1.29 is 9.53 Å². The Balaban J connectivity index is 2.04. The minimum atomic E-state index is -0.747. The van der Waals surface area contributed by atoms with Crippen LogP contribution in [-0.4, -0.2) is 11.1 Å². The lowest BCUT2D eigenvalue weighted by Gasteiger charge is -2.17. The molecule has 0 saturated heterocycles. The number of carbonyl (C=O) groups excluding carboxylic acids is 1. The smallest absolute Gasteiger partial charge is 0.405 e. The number of aromatic nitrogens is 1. The number of ether oxygens (including phenoxy) is 1. The summed E-state index contributed by atoms with van der Waals surface area (Å²) < 4.78 is 5.18. The number of hydrogen-bond donors (Lipinski definition) is 1. The van der Waals surface area contributed by atoms with Crippen molar-refractivity contribution >= 4 is 6.09 Å². The maximum Gasteiger partial charge on any atom is 0.405 e. The highest BCUT2D eigenvalue weighted by Gasteiger charge is 2.14. The molecule has 1 aromatic carbocycles. The number of aryl methyl sites for hydroxylation is 1. The highest BCUT2D eigenvalue weighted by atomic mass is 16.6. The lowest BCUT2D eigenvalue weighted by Crippen LogP contribution is -2.18. The molecule has 1 atom stereocenters. The van der Waals surface area contributed by atoms with E-state index in [1.807, 2.05) is 42.5 Å². The molecule has 0 aliphatic heterocycles. The summed E-state index contributed by atoms with van der Waals surface area (Å²) in [5, 5.41) is 0. The van der Waals surface area contributed by atoms with Crippen LogP contribution in [0.2, 0.25) is 0 Å². The lowest BCUT2D eigenvalue weighted by molar-refractivity contribution is 0.101. The number of amides is 1. The van der Waals surface area contributed by atoms with Gasteiger partial charge in [-0.3, -0.25) is 4.98 Å². The SMILES string of the molecule is NC(=O)O[C@@H](CCc1ccncc1)c1ccccc1. The van der Waals surface area contributed by atoms with Crippen molar-refractivity contribution in [2.45, 2.75) is 18.9 Å². The van der Waals surface area contributed by atoms with Gasteiger partial charge in [-0.15, -0.1) is 0 Å². The van der Waals surface area contributed by atoms with Gasteiger partial charge >= 0.3 is 6.09 Å². The molecular formula is C15H16N2O2. The Morgan fingerprint density at radius 3 is 2.47 bits per heavy atom. The van der Waals surface area contributed by atoms with E-state index in [9.17, 15) is 4.79 Å². The lowest BCUT2D eigenvalue weighted by atomic mass is 10.0. The van der Waals surface area contributed by atoms with Crippen LogP contribution in [0.3, 0.4) is 0 Å². The Morgan fingerprint density at radius 2 is 1.84 bits per heavy atom. The topological polar surface area (TPSA) is 65.2 Å². The van der Waals surface area contributed by atoms with E-state index in [1.165, 1.54) is 0 Å². The number of nitrogens with two attached hydrogens (primary N) is 1. The van der Waals surface area contributed by atoms with Crippen molar-refractivity contribution in [3.8, 4) is 0 Å². The van der Waals surface area contributed by atoms with Gasteiger partial charge in [-0.2, -0.15) is 0 Å². The van der Waals surface area contributed by atoms with Gasteiger partial charge in [-0.05, 0) is 36.1 Å². The highest BCUT2D eigenvalue weighted by Crippen LogP contribution is 2.22. The van der Waals surface area contributed by atoms with Gasteiger partial charge in [-0.25, -0.2) is 4.79 Å². The zero-order valence-electron chi connectivity index (χ0n) is 10.5.